The van der Waals surface area contributed by atoms with Crippen molar-refractivity contribution < 1.29 is 14.3 Å². The van der Waals surface area contributed by atoms with Crippen molar-refractivity contribution in [3.05, 3.63) is 65.2 Å². The number of benzene rings is 2. The minimum absolute atomic E-state index is 0.0000760. The summed E-state index contributed by atoms with van der Waals surface area (Å²) in [6, 6.07) is 15.7. The number of likely N-dealkylation sites (tertiary alicyclic amines) is 1. The lowest BCUT2D eigenvalue weighted by molar-refractivity contribution is -0.121. The van der Waals surface area contributed by atoms with Crippen LogP contribution in [0.2, 0.25) is 0 Å². The molecule has 2 aromatic carbocycles. The lowest BCUT2D eigenvalue weighted by Gasteiger charge is -2.31. The number of nitrogens with one attached hydrogen (secondary N) is 2. The number of nitrogens with zero attached hydrogens (tertiary/aromatic N) is 1. The summed E-state index contributed by atoms with van der Waals surface area (Å²) in [5.41, 5.74) is 3.72. The van der Waals surface area contributed by atoms with Gasteiger partial charge in [0.05, 0.1) is 17.4 Å². The highest BCUT2D eigenvalue weighted by Crippen LogP contribution is 2.23. The van der Waals surface area contributed by atoms with Crippen LogP contribution in [0.25, 0.3) is 0 Å². The van der Waals surface area contributed by atoms with E-state index in [4.69, 9.17) is 4.74 Å². The fourth-order valence-electron chi connectivity index (χ4n) is 4.51. The van der Waals surface area contributed by atoms with Crippen LogP contribution < -0.4 is 10.6 Å². The lowest BCUT2D eigenvalue weighted by atomic mass is 9.95. The van der Waals surface area contributed by atoms with Gasteiger partial charge in [-0.25, -0.2) is 0 Å². The van der Waals surface area contributed by atoms with Crippen molar-refractivity contribution in [1.82, 2.24) is 10.2 Å². The third-order valence-electron chi connectivity index (χ3n) is 6.56. The molecule has 2 fully saturated rings. The Hall–Kier alpha value is -2.70. The smallest absolute Gasteiger partial charge is 0.253 e. The molecule has 0 aliphatic carbocycles. The van der Waals surface area contributed by atoms with Gasteiger partial charge in [-0.15, -0.1) is 0 Å². The van der Waals surface area contributed by atoms with Gasteiger partial charge in [-0.05, 0) is 69.0 Å². The second-order valence-corrected chi connectivity index (χ2v) is 8.86. The van der Waals surface area contributed by atoms with Gasteiger partial charge in [0.25, 0.3) is 5.91 Å². The third kappa shape index (κ3) is 5.75. The molecular formula is C26H33N3O3. The number of para-hydroxylation sites is 1. The zero-order chi connectivity index (χ0) is 22.3. The van der Waals surface area contributed by atoms with Gasteiger partial charge in [-0.2, -0.15) is 0 Å². The molecule has 2 aliphatic heterocycles. The number of aryl methyl sites for hydroxylation is 1. The first-order valence-corrected chi connectivity index (χ1v) is 11.7. The van der Waals surface area contributed by atoms with Gasteiger partial charge < -0.3 is 15.4 Å². The zero-order valence-electron chi connectivity index (χ0n) is 18.8. The van der Waals surface area contributed by atoms with Gasteiger partial charge in [0.15, 0.2) is 0 Å². The van der Waals surface area contributed by atoms with Crippen LogP contribution in [0.5, 0.6) is 0 Å². The van der Waals surface area contributed by atoms with Gasteiger partial charge in [0, 0.05) is 25.6 Å². The first-order chi connectivity index (χ1) is 15.6. The van der Waals surface area contributed by atoms with E-state index in [9.17, 15) is 9.59 Å². The number of hydrogen-bond donors (Lipinski definition) is 2. The highest BCUT2D eigenvalue weighted by molar-refractivity contribution is 6.04. The molecule has 6 heteroatoms. The van der Waals surface area contributed by atoms with Crippen LogP contribution in [0.1, 0.15) is 47.2 Å². The Labute approximate surface area is 190 Å². The molecule has 0 radical (unpaired) electrons. The van der Waals surface area contributed by atoms with Crippen LogP contribution in [-0.4, -0.2) is 49.1 Å². The predicted octanol–water partition coefficient (Wildman–Crippen LogP) is 3.75. The second kappa shape index (κ2) is 10.7. The molecule has 0 aromatic heterocycles. The maximum atomic E-state index is 12.9. The van der Waals surface area contributed by atoms with Gasteiger partial charge >= 0.3 is 0 Å². The van der Waals surface area contributed by atoms with Gasteiger partial charge in [-0.3, -0.25) is 14.5 Å². The van der Waals surface area contributed by atoms with Crippen molar-refractivity contribution in [2.75, 3.05) is 31.6 Å². The fraction of sp³-hybridized carbons (Fsp3) is 0.462. The Morgan fingerprint density at radius 1 is 1.03 bits per heavy atom. The number of hydrogen-bond acceptors (Lipinski definition) is 4. The number of carbonyl (C=O) groups is 2. The maximum absolute atomic E-state index is 12.9. The molecule has 0 saturated carbocycles. The highest BCUT2D eigenvalue weighted by Gasteiger charge is 2.26. The van der Waals surface area contributed by atoms with Crippen LogP contribution in [0.15, 0.2) is 48.5 Å². The summed E-state index contributed by atoms with van der Waals surface area (Å²) in [4.78, 5) is 28.1. The number of rotatable bonds is 7. The number of amides is 2. The quantitative estimate of drug-likeness (QED) is 0.695. The van der Waals surface area contributed by atoms with Crippen LogP contribution in [0, 0.1) is 12.8 Å². The Morgan fingerprint density at radius 2 is 1.78 bits per heavy atom. The number of piperidine rings is 1. The van der Waals surface area contributed by atoms with Gasteiger partial charge in [0.2, 0.25) is 5.91 Å². The van der Waals surface area contributed by atoms with Crippen molar-refractivity contribution in [2.24, 2.45) is 5.92 Å². The normalized spacial score (nSPS) is 19.6. The summed E-state index contributed by atoms with van der Waals surface area (Å²) in [5.74, 6) is -0.213. The van der Waals surface area contributed by atoms with E-state index < -0.39 is 0 Å². The Bertz CT molecular complexity index is 931. The average Bonchev–Trinajstić information content (AvgIpc) is 3.33. The molecule has 1 atom stereocenters. The molecule has 2 N–H and O–H groups in total. The maximum Gasteiger partial charge on any atom is 0.253 e. The van der Waals surface area contributed by atoms with E-state index in [0.29, 0.717) is 17.8 Å². The molecule has 2 heterocycles. The highest BCUT2D eigenvalue weighted by atomic mass is 16.5. The predicted molar refractivity (Wildman–Crippen MR) is 126 cm³/mol. The van der Waals surface area contributed by atoms with E-state index >= 15 is 0 Å². The van der Waals surface area contributed by atoms with E-state index in [1.807, 2.05) is 12.1 Å². The summed E-state index contributed by atoms with van der Waals surface area (Å²) in [5, 5.41) is 5.96. The van der Waals surface area contributed by atoms with Crippen molar-refractivity contribution in [3.63, 3.8) is 0 Å². The first-order valence-electron chi connectivity index (χ1n) is 11.7. The topological polar surface area (TPSA) is 70.7 Å². The third-order valence-corrected chi connectivity index (χ3v) is 6.56. The Morgan fingerprint density at radius 3 is 2.53 bits per heavy atom. The van der Waals surface area contributed by atoms with E-state index in [2.05, 4.69) is 46.7 Å². The van der Waals surface area contributed by atoms with E-state index in [0.717, 1.165) is 51.9 Å². The van der Waals surface area contributed by atoms with Crippen LogP contribution >= 0.6 is 0 Å². The number of carbonyl (C=O) groups excluding carboxylic acids is 2. The largest absolute Gasteiger partial charge is 0.376 e. The summed E-state index contributed by atoms with van der Waals surface area (Å²) < 4.78 is 5.58. The van der Waals surface area contributed by atoms with E-state index in [1.165, 1.54) is 11.1 Å². The molecule has 0 spiro atoms. The fourth-order valence-corrected chi connectivity index (χ4v) is 4.51. The molecule has 2 aliphatic rings. The first kappa shape index (κ1) is 22.5. The van der Waals surface area contributed by atoms with Crippen LogP contribution in [0.4, 0.5) is 5.69 Å². The van der Waals surface area contributed by atoms with E-state index in [-0.39, 0.29) is 23.8 Å². The molecule has 0 bridgehead atoms. The Kier molecular flexibility index (Phi) is 7.55. The molecule has 4 rings (SSSR count). The summed E-state index contributed by atoms with van der Waals surface area (Å²) in [7, 11) is 0. The number of ether oxygens (including phenoxy) is 1. The molecule has 32 heavy (non-hydrogen) atoms. The van der Waals surface area contributed by atoms with E-state index in [1.54, 1.807) is 12.1 Å². The summed E-state index contributed by atoms with van der Waals surface area (Å²) >= 11 is 0. The van der Waals surface area contributed by atoms with Crippen molar-refractivity contribution in [2.45, 2.75) is 45.3 Å². The summed E-state index contributed by atoms with van der Waals surface area (Å²) in [6.07, 6.45) is 3.75. The van der Waals surface area contributed by atoms with Crippen molar-refractivity contribution >= 4 is 17.5 Å². The van der Waals surface area contributed by atoms with Crippen LogP contribution in [-0.2, 0) is 16.1 Å². The second-order valence-electron chi connectivity index (χ2n) is 8.86. The van der Waals surface area contributed by atoms with Gasteiger partial charge in [-0.1, -0.05) is 36.4 Å². The standard InChI is InChI=1S/C26H33N3O3/c1-19-7-2-3-8-21(19)18-29-14-12-20(13-15-29)25(30)28-24-11-5-4-10-23(24)26(31)27-17-22-9-6-16-32-22/h2-5,7-8,10-11,20,22H,6,9,12-18H2,1H3,(H,27,31)(H,28,30)/t22-/m0/s1. The van der Waals surface area contributed by atoms with Crippen molar-refractivity contribution in [3.8, 4) is 0 Å². The van der Waals surface area contributed by atoms with Crippen molar-refractivity contribution in [1.29, 1.82) is 0 Å². The Balaban J connectivity index is 1.29. The zero-order valence-corrected chi connectivity index (χ0v) is 18.8. The lowest BCUT2D eigenvalue weighted by Crippen LogP contribution is -2.38. The van der Waals surface area contributed by atoms with Gasteiger partial charge in [0.1, 0.15) is 0 Å². The molecule has 2 saturated heterocycles. The minimum Gasteiger partial charge on any atom is -0.376 e. The minimum atomic E-state index is -0.176. The molecule has 170 valence electrons. The summed E-state index contributed by atoms with van der Waals surface area (Å²) in [6.45, 7) is 6.13. The molecule has 6 nitrogen and oxygen atoms in total. The molecule has 2 amide bonds. The number of anilines is 1. The average molecular weight is 436 g/mol. The monoisotopic (exact) mass is 435 g/mol. The molecule has 2 aromatic rings. The molecule has 0 unspecified atom stereocenters. The SMILES string of the molecule is Cc1ccccc1CN1CCC(C(=O)Nc2ccccc2C(=O)NC[C@@H]2CCCO2)CC1. The molecular weight excluding hydrogens is 402 g/mol. The van der Waals surface area contributed by atoms with Crippen LogP contribution in [0.3, 0.4) is 0 Å².